The number of carbonyl (C=O) groups is 6. The number of rotatable bonds is 11. The Morgan fingerprint density at radius 1 is 1.10 bits per heavy atom. The van der Waals surface area contributed by atoms with E-state index < -0.39 is 46.7 Å². The summed E-state index contributed by atoms with van der Waals surface area (Å²) in [5, 5.41) is 5.27. The molecule has 0 aliphatic carbocycles. The van der Waals surface area contributed by atoms with Gasteiger partial charge in [0.2, 0.25) is 5.91 Å². The Labute approximate surface area is 234 Å². The van der Waals surface area contributed by atoms with Crippen molar-refractivity contribution in [3.8, 4) is 5.75 Å². The molecule has 40 heavy (non-hydrogen) atoms. The highest BCUT2D eigenvalue weighted by atomic mass is 16.6. The molecule has 12 heteroatoms. The molecule has 2 unspecified atom stereocenters. The van der Waals surface area contributed by atoms with E-state index in [-0.39, 0.29) is 41.7 Å². The molecule has 1 saturated heterocycles. The summed E-state index contributed by atoms with van der Waals surface area (Å²) in [5.74, 6) is -3.27. The number of hydrogen-bond acceptors (Lipinski definition) is 9. The van der Waals surface area contributed by atoms with Crippen molar-refractivity contribution >= 4 is 41.3 Å². The van der Waals surface area contributed by atoms with Crippen LogP contribution in [0.3, 0.4) is 0 Å². The highest BCUT2D eigenvalue weighted by molar-refractivity contribution is 6.19. The molecule has 2 N–H and O–H groups in total. The van der Waals surface area contributed by atoms with Crippen LogP contribution in [0.1, 0.15) is 79.1 Å². The molecule has 1 aromatic rings. The van der Waals surface area contributed by atoms with Gasteiger partial charge in [0.25, 0.3) is 11.8 Å². The van der Waals surface area contributed by atoms with Gasteiger partial charge in [0, 0.05) is 12.3 Å². The average Bonchev–Trinajstić information content (AvgIpc) is 3.03. The minimum Gasteiger partial charge on any atom is -0.489 e. The topological polar surface area (TPSA) is 157 Å². The molecule has 12 nitrogen and oxygen atoms in total. The molecule has 1 heterocycles. The monoisotopic (exact) mass is 561 g/mol. The average molecular weight is 562 g/mol. The molecule has 0 bridgehead atoms. The lowest BCUT2D eigenvalue weighted by Crippen LogP contribution is -2.55. The fourth-order valence-corrected chi connectivity index (χ4v) is 3.78. The number of carbonyl (C=O) groups excluding carboxylic acids is 6. The first-order valence-electron chi connectivity index (χ1n) is 13.1. The fraction of sp³-hybridized carbons (Fsp3) is 0.571. The standard InChI is InChI=1S/C28H39N3O9/c1-10-18(29-16(4)32)14-38-24(35)17-11-12-19(20(13-17)39-15(2)3)30-23(34)21(22(33)27(5,6)7)31-25(36)28(8,9)40-26(31)37/h11-13,15,18,21H,10,14H2,1-9H3,(H,29,32)(H,30,34). The number of benzene rings is 1. The zero-order chi connectivity index (χ0) is 30.6. The summed E-state index contributed by atoms with van der Waals surface area (Å²) in [5.41, 5.74) is -2.41. The Morgan fingerprint density at radius 3 is 2.20 bits per heavy atom. The van der Waals surface area contributed by atoms with E-state index in [9.17, 15) is 28.8 Å². The Balaban J connectivity index is 2.39. The number of anilines is 1. The van der Waals surface area contributed by atoms with E-state index in [1.165, 1.54) is 39.0 Å². The van der Waals surface area contributed by atoms with Crippen molar-refractivity contribution in [3.05, 3.63) is 23.8 Å². The van der Waals surface area contributed by atoms with Crippen molar-refractivity contribution in [1.82, 2.24) is 10.2 Å². The number of amides is 4. The molecule has 4 amide bonds. The van der Waals surface area contributed by atoms with Gasteiger partial charge in [-0.2, -0.15) is 0 Å². The first-order valence-corrected chi connectivity index (χ1v) is 13.1. The van der Waals surface area contributed by atoms with Gasteiger partial charge in [0.1, 0.15) is 12.4 Å². The second-order valence-electron chi connectivity index (χ2n) is 11.3. The molecular weight excluding hydrogens is 522 g/mol. The molecule has 2 atom stereocenters. The predicted octanol–water partition coefficient (Wildman–Crippen LogP) is 3.23. The second kappa shape index (κ2) is 12.5. The van der Waals surface area contributed by atoms with Crippen LogP contribution in [0.5, 0.6) is 5.75 Å². The molecule has 0 spiro atoms. The van der Waals surface area contributed by atoms with E-state index in [0.29, 0.717) is 11.3 Å². The van der Waals surface area contributed by atoms with E-state index in [1.807, 2.05) is 6.92 Å². The zero-order valence-electron chi connectivity index (χ0n) is 24.5. The summed E-state index contributed by atoms with van der Waals surface area (Å²) in [6.07, 6.45) is -0.915. The third-order valence-electron chi connectivity index (χ3n) is 5.92. The summed E-state index contributed by atoms with van der Waals surface area (Å²) >= 11 is 0. The molecule has 1 fully saturated rings. The number of ketones is 1. The maximum Gasteiger partial charge on any atom is 0.418 e. The lowest BCUT2D eigenvalue weighted by atomic mass is 9.85. The van der Waals surface area contributed by atoms with Crippen LogP contribution in [0.2, 0.25) is 0 Å². The van der Waals surface area contributed by atoms with Crippen molar-refractivity contribution in [3.63, 3.8) is 0 Å². The number of ether oxygens (including phenoxy) is 3. The SMILES string of the molecule is CCC(COC(=O)c1ccc(NC(=O)C(C(=O)C(C)(C)C)N2C(=O)OC(C)(C)C2=O)c(OC(C)C)c1)NC(C)=O. The number of imide groups is 1. The molecular formula is C28H39N3O9. The first-order chi connectivity index (χ1) is 18.4. The summed E-state index contributed by atoms with van der Waals surface area (Å²) in [6.45, 7) is 14.1. The van der Waals surface area contributed by atoms with E-state index >= 15 is 0 Å². The van der Waals surface area contributed by atoms with Crippen molar-refractivity contribution in [2.24, 2.45) is 5.41 Å². The molecule has 220 valence electrons. The van der Waals surface area contributed by atoms with Crippen LogP contribution in [0.25, 0.3) is 0 Å². The van der Waals surface area contributed by atoms with Crippen molar-refractivity contribution in [2.45, 2.75) is 92.5 Å². The van der Waals surface area contributed by atoms with E-state index in [0.717, 1.165) is 0 Å². The molecule has 0 saturated carbocycles. The summed E-state index contributed by atoms with van der Waals surface area (Å²) in [4.78, 5) is 77.0. The zero-order valence-corrected chi connectivity index (χ0v) is 24.5. The number of nitrogens with one attached hydrogen (secondary N) is 2. The van der Waals surface area contributed by atoms with Gasteiger partial charge in [-0.1, -0.05) is 27.7 Å². The van der Waals surface area contributed by atoms with Crippen LogP contribution >= 0.6 is 0 Å². The highest BCUT2D eigenvalue weighted by Crippen LogP contribution is 2.32. The van der Waals surface area contributed by atoms with Crippen LogP contribution in [0.15, 0.2) is 18.2 Å². The molecule has 2 rings (SSSR count). The van der Waals surface area contributed by atoms with E-state index in [1.54, 1.807) is 34.6 Å². The molecule has 0 aromatic heterocycles. The molecule has 1 aliphatic heterocycles. The third-order valence-corrected chi connectivity index (χ3v) is 5.92. The van der Waals surface area contributed by atoms with Gasteiger partial charge in [-0.15, -0.1) is 0 Å². The van der Waals surface area contributed by atoms with Crippen molar-refractivity contribution in [1.29, 1.82) is 0 Å². The van der Waals surface area contributed by atoms with Gasteiger partial charge in [0.15, 0.2) is 17.4 Å². The Kier molecular flexibility index (Phi) is 10.1. The van der Waals surface area contributed by atoms with Crippen LogP contribution in [-0.2, 0) is 28.7 Å². The second-order valence-corrected chi connectivity index (χ2v) is 11.3. The number of nitrogens with zero attached hydrogens (tertiary/aromatic N) is 1. The molecule has 0 radical (unpaired) electrons. The van der Waals surface area contributed by atoms with Gasteiger partial charge in [-0.3, -0.25) is 19.2 Å². The Hall–Kier alpha value is -3.96. The minimum atomic E-state index is -1.81. The van der Waals surface area contributed by atoms with Crippen LogP contribution in [0, 0.1) is 5.41 Å². The quantitative estimate of drug-likeness (QED) is 0.306. The maximum absolute atomic E-state index is 13.5. The van der Waals surface area contributed by atoms with Crippen LogP contribution in [-0.4, -0.2) is 70.9 Å². The van der Waals surface area contributed by atoms with Crippen molar-refractivity contribution < 1.29 is 43.0 Å². The molecule has 1 aliphatic rings. The predicted molar refractivity (Wildman–Crippen MR) is 145 cm³/mol. The fourth-order valence-electron chi connectivity index (χ4n) is 3.78. The van der Waals surface area contributed by atoms with Gasteiger partial charge < -0.3 is 24.8 Å². The molecule has 1 aromatic carbocycles. The number of esters is 1. The Morgan fingerprint density at radius 2 is 1.73 bits per heavy atom. The highest BCUT2D eigenvalue weighted by Gasteiger charge is 2.55. The van der Waals surface area contributed by atoms with E-state index in [4.69, 9.17) is 14.2 Å². The summed E-state index contributed by atoms with van der Waals surface area (Å²) < 4.78 is 16.3. The minimum absolute atomic E-state index is 0.0410. The maximum atomic E-state index is 13.5. The van der Waals surface area contributed by atoms with Gasteiger partial charge >= 0.3 is 12.1 Å². The van der Waals surface area contributed by atoms with Gasteiger partial charge in [-0.25, -0.2) is 14.5 Å². The number of hydrogen-bond donors (Lipinski definition) is 2. The van der Waals surface area contributed by atoms with Crippen molar-refractivity contribution in [2.75, 3.05) is 11.9 Å². The Bertz CT molecular complexity index is 1180. The first kappa shape index (κ1) is 32.3. The third kappa shape index (κ3) is 7.80. The lowest BCUT2D eigenvalue weighted by Gasteiger charge is -2.28. The summed E-state index contributed by atoms with van der Waals surface area (Å²) in [7, 11) is 0. The number of cyclic esters (lactones) is 1. The normalized spacial score (nSPS) is 16.2. The van der Waals surface area contributed by atoms with Gasteiger partial charge in [-0.05, 0) is 52.3 Å². The lowest BCUT2D eigenvalue weighted by molar-refractivity contribution is -0.145. The summed E-state index contributed by atoms with van der Waals surface area (Å²) in [6, 6.07) is 2.00. The smallest absolute Gasteiger partial charge is 0.418 e. The van der Waals surface area contributed by atoms with Crippen LogP contribution < -0.4 is 15.4 Å². The van der Waals surface area contributed by atoms with E-state index in [2.05, 4.69) is 10.6 Å². The largest absolute Gasteiger partial charge is 0.489 e. The van der Waals surface area contributed by atoms with Crippen LogP contribution in [0.4, 0.5) is 10.5 Å². The van der Waals surface area contributed by atoms with Gasteiger partial charge in [0.05, 0.1) is 23.4 Å². The number of Topliss-reactive ketones (excluding diaryl/α,β-unsaturated/α-hetero) is 1.